The lowest BCUT2D eigenvalue weighted by molar-refractivity contribution is -0.132. The van der Waals surface area contributed by atoms with Crippen LogP contribution in [0.3, 0.4) is 0 Å². The second kappa shape index (κ2) is 8.64. The summed E-state index contributed by atoms with van der Waals surface area (Å²) in [6.07, 6.45) is 2.92. The molecule has 0 saturated carbocycles. The number of carbonyl (C=O) groups excluding carboxylic acids is 1. The molecule has 1 aromatic carbocycles. The number of likely N-dealkylation sites (tertiary alicyclic amines) is 1. The molecule has 0 aliphatic carbocycles. The van der Waals surface area contributed by atoms with Crippen molar-refractivity contribution in [3.05, 3.63) is 35.2 Å². The fraction of sp³-hybridized carbons (Fsp3) is 0.526. The van der Waals surface area contributed by atoms with E-state index in [4.69, 9.17) is 16.1 Å². The minimum atomic E-state index is 0.131. The smallest absolute Gasteiger partial charge is 0.227 e. The van der Waals surface area contributed by atoms with Crippen molar-refractivity contribution >= 4 is 17.5 Å². The molecule has 1 aliphatic rings. The summed E-state index contributed by atoms with van der Waals surface area (Å²) in [4.78, 5) is 21.2. The normalized spacial score (nSPS) is 16.0. The van der Waals surface area contributed by atoms with Gasteiger partial charge in [0.25, 0.3) is 0 Å². The molecule has 1 fully saturated rings. The quantitative estimate of drug-likeness (QED) is 0.774. The van der Waals surface area contributed by atoms with E-state index < -0.39 is 0 Å². The fourth-order valence-electron chi connectivity index (χ4n) is 3.29. The van der Waals surface area contributed by atoms with E-state index in [1.165, 1.54) is 0 Å². The summed E-state index contributed by atoms with van der Waals surface area (Å²) >= 11 is 5.89. The predicted octanol–water partition coefficient (Wildman–Crippen LogP) is 3.27. The van der Waals surface area contributed by atoms with Crippen LogP contribution in [0.1, 0.15) is 32.1 Å². The first-order valence-electron chi connectivity index (χ1n) is 9.13. The first-order chi connectivity index (χ1) is 12.6. The number of piperidine rings is 1. The van der Waals surface area contributed by atoms with Crippen LogP contribution in [-0.2, 0) is 11.2 Å². The van der Waals surface area contributed by atoms with Gasteiger partial charge in [0.15, 0.2) is 0 Å². The Hall–Kier alpha value is -1.92. The van der Waals surface area contributed by atoms with Gasteiger partial charge in [-0.05, 0) is 43.7 Å². The van der Waals surface area contributed by atoms with E-state index >= 15 is 0 Å². The third-order valence-corrected chi connectivity index (χ3v) is 5.32. The van der Waals surface area contributed by atoms with Crippen LogP contribution >= 0.6 is 11.6 Å². The van der Waals surface area contributed by atoms with Crippen LogP contribution in [0.2, 0.25) is 5.02 Å². The maximum absolute atomic E-state index is 12.5. The van der Waals surface area contributed by atoms with E-state index in [9.17, 15) is 4.79 Å². The van der Waals surface area contributed by atoms with Gasteiger partial charge in [-0.2, -0.15) is 4.98 Å². The Morgan fingerprint density at radius 2 is 2.00 bits per heavy atom. The van der Waals surface area contributed by atoms with Gasteiger partial charge in [0.05, 0.1) is 0 Å². The van der Waals surface area contributed by atoms with E-state index in [0.29, 0.717) is 35.6 Å². The highest BCUT2D eigenvalue weighted by Crippen LogP contribution is 2.20. The Bertz CT molecular complexity index is 723. The number of nitrogens with zero attached hydrogens (tertiary/aromatic N) is 4. The van der Waals surface area contributed by atoms with Crippen LogP contribution in [-0.4, -0.2) is 58.6 Å². The monoisotopic (exact) mass is 376 g/mol. The van der Waals surface area contributed by atoms with Crippen molar-refractivity contribution in [3.8, 4) is 11.4 Å². The summed E-state index contributed by atoms with van der Waals surface area (Å²) in [7, 11) is 1.90. The number of aromatic nitrogens is 2. The number of carbonyl (C=O) groups is 1. The maximum Gasteiger partial charge on any atom is 0.227 e. The van der Waals surface area contributed by atoms with Crippen molar-refractivity contribution in [2.45, 2.75) is 38.6 Å². The van der Waals surface area contributed by atoms with Gasteiger partial charge in [0, 0.05) is 49.6 Å². The second-order valence-corrected chi connectivity index (χ2v) is 7.13. The minimum Gasteiger partial charge on any atom is -0.343 e. The highest BCUT2D eigenvalue weighted by molar-refractivity contribution is 6.30. The fourth-order valence-corrected chi connectivity index (χ4v) is 3.42. The standard InChI is InChI=1S/C19H25ClN4O2/c1-3-24-12-10-16(11-13-24)23(2)18(25)9-8-17-21-19(22-26-17)14-4-6-15(20)7-5-14/h4-7,16H,3,8-13H2,1-2H3. The molecule has 0 unspecified atom stereocenters. The Morgan fingerprint density at radius 3 is 2.65 bits per heavy atom. The van der Waals surface area contributed by atoms with Crippen LogP contribution in [0.15, 0.2) is 28.8 Å². The van der Waals surface area contributed by atoms with Crippen molar-refractivity contribution in [2.24, 2.45) is 0 Å². The number of rotatable bonds is 6. The molecule has 26 heavy (non-hydrogen) atoms. The van der Waals surface area contributed by atoms with E-state index in [1.54, 1.807) is 12.1 Å². The average Bonchev–Trinajstić information content (AvgIpc) is 3.15. The molecule has 1 aromatic heterocycles. The van der Waals surface area contributed by atoms with E-state index in [0.717, 1.165) is 38.0 Å². The van der Waals surface area contributed by atoms with Gasteiger partial charge in [-0.25, -0.2) is 0 Å². The zero-order chi connectivity index (χ0) is 18.5. The topological polar surface area (TPSA) is 62.5 Å². The summed E-state index contributed by atoms with van der Waals surface area (Å²) < 4.78 is 5.28. The number of benzene rings is 1. The molecular weight excluding hydrogens is 352 g/mol. The maximum atomic E-state index is 12.5. The summed E-state index contributed by atoms with van der Waals surface area (Å²) in [6.45, 7) is 5.38. The van der Waals surface area contributed by atoms with Crippen LogP contribution < -0.4 is 0 Å². The molecule has 0 bridgehead atoms. The Morgan fingerprint density at radius 1 is 1.31 bits per heavy atom. The van der Waals surface area contributed by atoms with Crippen LogP contribution in [0, 0.1) is 0 Å². The average molecular weight is 377 g/mol. The van der Waals surface area contributed by atoms with E-state index in [-0.39, 0.29) is 5.91 Å². The first kappa shape index (κ1) is 18.9. The van der Waals surface area contributed by atoms with Gasteiger partial charge < -0.3 is 14.3 Å². The molecule has 0 atom stereocenters. The molecule has 0 spiro atoms. The van der Waals surface area contributed by atoms with Gasteiger partial charge in [-0.3, -0.25) is 4.79 Å². The van der Waals surface area contributed by atoms with Gasteiger partial charge >= 0.3 is 0 Å². The van der Waals surface area contributed by atoms with Gasteiger partial charge in [0.1, 0.15) is 0 Å². The molecule has 7 heteroatoms. The van der Waals surface area contributed by atoms with Gasteiger partial charge in [-0.1, -0.05) is 23.7 Å². The van der Waals surface area contributed by atoms with Crippen LogP contribution in [0.5, 0.6) is 0 Å². The van der Waals surface area contributed by atoms with Gasteiger partial charge in [0.2, 0.25) is 17.6 Å². The Kier molecular flexibility index (Phi) is 6.27. The van der Waals surface area contributed by atoms with Crippen LogP contribution in [0.25, 0.3) is 11.4 Å². The highest BCUT2D eigenvalue weighted by Gasteiger charge is 2.24. The lowest BCUT2D eigenvalue weighted by atomic mass is 10.0. The molecule has 0 radical (unpaired) electrons. The molecule has 1 amide bonds. The number of amides is 1. The van der Waals surface area contributed by atoms with Crippen LogP contribution in [0.4, 0.5) is 0 Å². The Balaban J connectivity index is 1.51. The number of hydrogen-bond acceptors (Lipinski definition) is 5. The highest BCUT2D eigenvalue weighted by atomic mass is 35.5. The zero-order valence-electron chi connectivity index (χ0n) is 15.3. The van der Waals surface area contributed by atoms with Crippen molar-refractivity contribution in [2.75, 3.05) is 26.7 Å². The number of aryl methyl sites for hydroxylation is 1. The lowest BCUT2D eigenvalue weighted by Gasteiger charge is -2.36. The molecule has 2 aromatic rings. The van der Waals surface area contributed by atoms with Crippen molar-refractivity contribution in [1.29, 1.82) is 0 Å². The molecule has 6 nitrogen and oxygen atoms in total. The van der Waals surface area contributed by atoms with Crippen molar-refractivity contribution < 1.29 is 9.32 Å². The number of hydrogen-bond donors (Lipinski definition) is 0. The lowest BCUT2D eigenvalue weighted by Crippen LogP contribution is -2.45. The minimum absolute atomic E-state index is 0.131. The molecule has 1 saturated heterocycles. The number of halogens is 1. The second-order valence-electron chi connectivity index (χ2n) is 6.69. The SMILES string of the molecule is CCN1CCC(N(C)C(=O)CCc2nc(-c3ccc(Cl)cc3)no2)CC1. The third-order valence-electron chi connectivity index (χ3n) is 5.07. The zero-order valence-corrected chi connectivity index (χ0v) is 16.1. The molecule has 3 rings (SSSR count). The molecule has 140 valence electrons. The first-order valence-corrected chi connectivity index (χ1v) is 9.51. The van der Waals surface area contributed by atoms with E-state index in [2.05, 4.69) is 22.0 Å². The molecule has 1 aliphatic heterocycles. The summed E-state index contributed by atoms with van der Waals surface area (Å²) in [5.74, 6) is 1.13. The van der Waals surface area contributed by atoms with Crippen molar-refractivity contribution in [3.63, 3.8) is 0 Å². The summed E-state index contributed by atoms with van der Waals surface area (Å²) in [5.41, 5.74) is 0.843. The van der Waals surface area contributed by atoms with E-state index in [1.807, 2.05) is 24.1 Å². The summed E-state index contributed by atoms with van der Waals surface area (Å²) in [5, 5.41) is 4.65. The third kappa shape index (κ3) is 4.62. The predicted molar refractivity (Wildman–Crippen MR) is 101 cm³/mol. The van der Waals surface area contributed by atoms with Crippen molar-refractivity contribution in [1.82, 2.24) is 19.9 Å². The van der Waals surface area contributed by atoms with Gasteiger partial charge in [-0.15, -0.1) is 0 Å². The largest absolute Gasteiger partial charge is 0.343 e. The summed E-state index contributed by atoms with van der Waals surface area (Å²) in [6, 6.07) is 7.60. The molecule has 0 N–H and O–H groups in total. The molecule has 2 heterocycles. The Labute approximate surface area is 159 Å². The molecular formula is C19H25ClN4O2.